The summed E-state index contributed by atoms with van der Waals surface area (Å²) in [5.74, 6) is 2.52. The van der Waals surface area contributed by atoms with Gasteiger partial charge in [0.05, 0.1) is 0 Å². The summed E-state index contributed by atoms with van der Waals surface area (Å²) in [4.78, 5) is 0. The minimum Gasteiger partial charge on any atom is -0.0766 e. The molecule has 0 radical (unpaired) electrons. The van der Waals surface area contributed by atoms with Crippen LogP contribution in [0.15, 0.2) is 71.9 Å². The molecule has 2 bridgehead atoms. The molecule has 5 aliphatic rings. The smallest absolute Gasteiger partial charge is 0.0169 e. The summed E-state index contributed by atoms with van der Waals surface area (Å²) in [5, 5.41) is 0. The number of rotatable bonds is 2. The molecule has 5 aliphatic carbocycles. The first kappa shape index (κ1) is 10.4. The van der Waals surface area contributed by atoms with E-state index in [4.69, 9.17) is 0 Å². The second-order valence-electron chi connectivity index (χ2n) is 5.71. The maximum absolute atomic E-state index is 2.56. The summed E-state index contributed by atoms with van der Waals surface area (Å²) >= 11 is 0. The topological polar surface area (TPSA) is 0 Å². The lowest BCUT2D eigenvalue weighted by Gasteiger charge is -2.38. The van der Waals surface area contributed by atoms with Crippen molar-refractivity contribution in [1.29, 1.82) is 0 Å². The van der Waals surface area contributed by atoms with Crippen molar-refractivity contribution in [3.63, 3.8) is 0 Å². The summed E-state index contributed by atoms with van der Waals surface area (Å²) in [5.41, 5.74) is 3.29. The van der Waals surface area contributed by atoms with Crippen molar-refractivity contribution in [3.8, 4) is 0 Å². The van der Waals surface area contributed by atoms with Crippen LogP contribution in [0.25, 0.3) is 0 Å². The first-order valence-electron chi connectivity index (χ1n) is 7.05. The molecule has 0 spiro atoms. The van der Waals surface area contributed by atoms with Crippen molar-refractivity contribution in [2.75, 3.05) is 0 Å². The van der Waals surface area contributed by atoms with Gasteiger partial charge in [0, 0.05) is 11.8 Å². The third kappa shape index (κ3) is 1.52. The van der Waals surface area contributed by atoms with Gasteiger partial charge in [-0.25, -0.2) is 0 Å². The SMILES string of the molecule is C1=CC(C2=C[C@@H]3CC[C@H]2C=C3C2C=CC=C2)C=C1. The minimum absolute atomic E-state index is 0.574. The largest absolute Gasteiger partial charge is 0.0766 e. The summed E-state index contributed by atoms with van der Waals surface area (Å²) in [7, 11) is 0. The molecule has 0 N–H and O–H groups in total. The molecule has 5 rings (SSSR count). The van der Waals surface area contributed by atoms with Crippen LogP contribution in [0, 0.1) is 23.7 Å². The summed E-state index contributed by atoms with van der Waals surface area (Å²) in [6.45, 7) is 0. The Labute approximate surface area is 109 Å². The maximum atomic E-state index is 2.56. The molecule has 0 aromatic heterocycles. The van der Waals surface area contributed by atoms with Crippen molar-refractivity contribution < 1.29 is 0 Å². The van der Waals surface area contributed by atoms with Gasteiger partial charge < -0.3 is 0 Å². The van der Waals surface area contributed by atoms with E-state index in [2.05, 4.69) is 60.8 Å². The van der Waals surface area contributed by atoms with Crippen LogP contribution in [0.4, 0.5) is 0 Å². The summed E-state index contributed by atoms with van der Waals surface area (Å²) in [6.07, 6.45) is 25.9. The third-order valence-corrected chi connectivity index (χ3v) is 4.70. The average molecular weight is 234 g/mol. The molecule has 0 heterocycles. The molecule has 0 nitrogen and oxygen atoms in total. The van der Waals surface area contributed by atoms with Crippen LogP contribution < -0.4 is 0 Å². The van der Waals surface area contributed by atoms with Crippen LogP contribution in [0.3, 0.4) is 0 Å². The van der Waals surface area contributed by atoms with Gasteiger partial charge in [0.25, 0.3) is 0 Å². The number of fused-ring (bicyclic) bond motifs is 1. The summed E-state index contributed by atoms with van der Waals surface area (Å²) in [6, 6.07) is 0. The Morgan fingerprint density at radius 3 is 1.33 bits per heavy atom. The van der Waals surface area contributed by atoms with Crippen LogP contribution in [0.1, 0.15) is 12.8 Å². The van der Waals surface area contributed by atoms with Crippen LogP contribution in [0.5, 0.6) is 0 Å². The van der Waals surface area contributed by atoms with Crippen LogP contribution >= 0.6 is 0 Å². The van der Waals surface area contributed by atoms with Crippen molar-refractivity contribution >= 4 is 0 Å². The highest BCUT2D eigenvalue weighted by Gasteiger charge is 2.34. The van der Waals surface area contributed by atoms with E-state index in [-0.39, 0.29) is 0 Å². The molecule has 0 unspecified atom stereocenters. The normalized spacial score (nSPS) is 33.6. The van der Waals surface area contributed by atoms with Gasteiger partial charge in [0.1, 0.15) is 0 Å². The highest BCUT2D eigenvalue weighted by Crippen LogP contribution is 2.46. The van der Waals surface area contributed by atoms with E-state index < -0.39 is 0 Å². The van der Waals surface area contributed by atoms with Crippen molar-refractivity contribution in [3.05, 3.63) is 71.9 Å². The lowest BCUT2D eigenvalue weighted by molar-refractivity contribution is 0.450. The van der Waals surface area contributed by atoms with Crippen LogP contribution in [0.2, 0.25) is 0 Å². The molecule has 0 fully saturated rings. The zero-order valence-electron chi connectivity index (χ0n) is 10.5. The van der Waals surface area contributed by atoms with Crippen LogP contribution in [-0.2, 0) is 0 Å². The first-order valence-corrected chi connectivity index (χ1v) is 7.05. The standard InChI is InChI=1S/C18H18/c1-2-6-13(5-1)17-11-16-10-9-15(17)12-18(16)14-7-3-4-8-14/h1-8,11-16H,9-10H2/t15-,16-/m0/s1. The molecule has 2 atom stereocenters. The highest BCUT2D eigenvalue weighted by molar-refractivity contribution is 5.43. The Balaban J connectivity index is 1.64. The van der Waals surface area contributed by atoms with Crippen molar-refractivity contribution in [2.45, 2.75) is 12.8 Å². The molecular weight excluding hydrogens is 216 g/mol. The van der Waals surface area contributed by atoms with Crippen molar-refractivity contribution in [1.82, 2.24) is 0 Å². The second kappa shape index (κ2) is 3.98. The van der Waals surface area contributed by atoms with Gasteiger partial charge in [0.2, 0.25) is 0 Å². The Bertz CT molecular complexity index is 462. The monoisotopic (exact) mass is 234 g/mol. The average Bonchev–Trinajstić information content (AvgIpc) is 3.13. The highest BCUT2D eigenvalue weighted by atomic mass is 14.4. The van der Waals surface area contributed by atoms with E-state index in [1.807, 2.05) is 0 Å². The Kier molecular flexibility index (Phi) is 2.29. The molecule has 0 amide bonds. The molecule has 0 saturated carbocycles. The van der Waals surface area contributed by atoms with Gasteiger partial charge in [0.15, 0.2) is 0 Å². The fraction of sp³-hybridized carbons (Fsp3) is 0.333. The fourth-order valence-corrected chi connectivity index (χ4v) is 3.79. The fourth-order valence-electron chi connectivity index (χ4n) is 3.79. The van der Waals surface area contributed by atoms with Gasteiger partial charge >= 0.3 is 0 Å². The number of hydrogen-bond acceptors (Lipinski definition) is 0. The third-order valence-electron chi connectivity index (χ3n) is 4.70. The lowest BCUT2D eigenvalue weighted by atomic mass is 9.67. The lowest BCUT2D eigenvalue weighted by Crippen LogP contribution is -2.26. The molecule has 0 aromatic carbocycles. The molecule has 90 valence electrons. The quantitative estimate of drug-likeness (QED) is 0.623. The molecule has 0 saturated heterocycles. The predicted molar refractivity (Wildman–Crippen MR) is 75.9 cm³/mol. The van der Waals surface area contributed by atoms with E-state index in [0.717, 1.165) is 0 Å². The zero-order chi connectivity index (χ0) is 11.9. The number of allylic oxidation sites excluding steroid dienone is 12. The van der Waals surface area contributed by atoms with E-state index >= 15 is 0 Å². The van der Waals surface area contributed by atoms with E-state index in [9.17, 15) is 0 Å². The number of hydrogen-bond donors (Lipinski definition) is 0. The first-order chi connectivity index (χ1) is 8.92. The summed E-state index contributed by atoms with van der Waals surface area (Å²) < 4.78 is 0. The zero-order valence-corrected chi connectivity index (χ0v) is 10.5. The van der Waals surface area contributed by atoms with E-state index in [0.29, 0.717) is 23.7 Å². The maximum Gasteiger partial charge on any atom is 0.0169 e. The second-order valence-corrected chi connectivity index (χ2v) is 5.71. The Morgan fingerprint density at radius 1 is 0.611 bits per heavy atom. The van der Waals surface area contributed by atoms with E-state index in [1.54, 1.807) is 11.1 Å². The minimum atomic E-state index is 0.574. The van der Waals surface area contributed by atoms with Gasteiger partial charge in [-0.2, -0.15) is 0 Å². The molecule has 0 aromatic rings. The molecule has 0 aliphatic heterocycles. The Hall–Kier alpha value is -1.56. The molecule has 0 heteroatoms. The van der Waals surface area contributed by atoms with E-state index in [1.165, 1.54) is 12.8 Å². The molecule has 18 heavy (non-hydrogen) atoms. The van der Waals surface area contributed by atoms with Gasteiger partial charge in [-0.3, -0.25) is 0 Å². The Morgan fingerprint density at radius 2 is 1.00 bits per heavy atom. The van der Waals surface area contributed by atoms with Crippen LogP contribution in [-0.4, -0.2) is 0 Å². The van der Waals surface area contributed by atoms with Crippen molar-refractivity contribution in [2.24, 2.45) is 23.7 Å². The molecular formula is C18H18. The van der Waals surface area contributed by atoms with Gasteiger partial charge in [-0.1, -0.05) is 71.9 Å². The van der Waals surface area contributed by atoms with Gasteiger partial charge in [-0.05, 0) is 24.7 Å². The predicted octanol–water partition coefficient (Wildman–Crippen LogP) is 4.36. The van der Waals surface area contributed by atoms with Gasteiger partial charge in [-0.15, -0.1) is 0 Å².